The van der Waals surface area contributed by atoms with E-state index in [1.54, 1.807) is 0 Å². The van der Waals surface area contributed by atoms with E-state index < -0.39 is 179 Å². The zero-order valence-corrected chi connectivity index (χ0v) is 32.9. The van der Waals surface area contributed by atoms with Crippen molar-refractivity contribution in [1.82, 2.24) is 0 Å². The van der Waals surface area contributed by atoms with Crippen molar-refractivity contribution in [3.8, 4) is 11.5 Å². The van der Waals surface area contributed by atoms with Crippen LogP contribution in [-0.4, -0.2) is 74.1 Å². The smallest absolute Gasteiger partial charge is 0.444 e. The Labute approximate surface area is 370 Å². The Hall–Kier alpha value is -5.08. The highest BCUT2D eigenvalue weighted by atomic mass is 32.2. The third-order valence-electron chi connectivity index (χ3n) is 9.19. The molecule has 40 heteroatoms. The molecule has 0 aromatic heterocycles. The van der Waals surface area contributed by atoms with Crippen LogP contribution in [-0.2, 0) is 26.1 Å². The second kappa shape index (κ2) is 17.2. The average Bonchev–Trinajstić information content (AvgIpc) is 3.19. The molecule has 0 N–H and O–H groups in total. The number of halogens is 35. The summed E-state index contributed by atoms with van der Waals surface area (Å²) < 4.78 is 539. The summed E-state index contributed by atoms with van der Waals surface area (Å²) in [5.74, 6) is -133. The Morgan fingerprint density at radius 2 is 0.597 bits per heavy atom. The summed E-state index contributed by atoms with van der Waals surface area (Å²) in [7, 11) is -8.24. The van der Waals surface area contributed by atoms with Gasteiger partial charge in [-0.05, 0) is 19.1 Å². The molecule has 0 aliphatic heterocycles. The second-order valence-corrected chi connectivity index (χ2v) is 15.3. The van der Waals surface area contributed by atoms with Crippen LogP contribution in [0.2, 0.25) is 0 Å². The highest BCUT2D eigenvalue weighted by Gasteiger charge is 3.00. The van der Waals surface area contributed by atoms with Gasteiger partial charge in [0.15, 0.2) is 23.3 Å². The first-order valence-corrected chi connectivity index (χ1v) is 17.9. The van der Waals surface area contributed by atoms with Gasteiger partial charge in [-0.15, -0.1) is 0 Å². The molecule has 0 fully saturated rings. The van der Waals surface area contributed by atoms with Gasteiger partial charge in [0.05, 0.1) is 10.5 Å². The minimum absolute atomic E-state index is 0.0681. The van der Waals surface area contributed by atoms with Gasteiger partial charge >= 0.3 is 71.8 Å². The van der Waals surface area contributed by atoms with Crippen LogP contribution in [0.3, 0.4) is 0 Å². The SMILES string of the molecule is Cc1ccc(S(=O)(=O)OC(c2c(F)c(F)c(Oc3c(F)c(F)c(C(F)(F)F)c(F)c3F)c(F)c2F)(C(F)(F)C(F)(F)C(F)(F)F)C(F)(F)C(F)(F)C(F)(F)C(F)(F)C(F)(F)C(F)(F)C(F)(F)C(F)(F)F)cc1. The van der Waals surface area contributed by atoms with Gasteiger partial charge in [0, 0.05) is 0 Å². The van der Waals surface area contributed by atoms with E-state index >= 15 is 52.7 Å². The van der Waals surface area contributed by atoms with Gasteiger partial charge in [-0.2, -0.15) is 145 Å². The van der Waals surface area contributed by atoms with Crippen molar-refractivity contribution >= 4 is 10.1 Å². The van der Waals surface area contributed by atoms with Crippen molar-refractivity contribution in [3.05, 3.63) is 87.5 Å². The molecule has 1 unspecified atom stereocenters. The summed E-state index contributed by atoms with van der Waals surface area (Å²) >= 11 is 0. The zero-order chi connectivity index (χ0) is 57.3. The molecular weight excluding hydrogens is 1150 g/mol. The van der Waals surface area contributed by atoms with E-state index in [9.17, 15) is 109 Å². The number of hydrogen-bond acceptors (Lipinski definition) is 4. The average molecular weight is 1150 g/mol. The van der Waals surface area contributed by atoms with Gasteiger partial charge in [-0.1, -0.05) is 17.7 Å². The van der Waals surface area contributed by atoms with E-state index in [4.69, 9.17) is 0 Å². The van der Waals surface area contributed by atoms with Crippen molar-refractivity contribution in [2.24, 2.45) is 0 Å². The Morgan fingerprint density at radius 3 is 0.889 bits per heavy atom. The molecule has 3 rings (SSSR count). The summed E-state index contributed by atoms with van der Waals surface area (Å²) in [6.45, 7) is 0.728. The molecule has 0 aliphatic carbocycles. The maximum absolute atomic E-state index is 16.5. The molecule has 72 heavy (non-hydrogen) atoms. The molecule has 0 spiro atoms. The van der Waals surface area contributed by atoms with E-state index in [2.05, 4.69) is 8.92 Å². The topological polar surface area (TPSA) is 52.6 Å². The van der Waals surface area contributed by atoms with Gasteiger partial charge in [0.2, 0.25) is 34.8 Å². The van der Waals surface area contributed by atoms with Crippen LogP contribution in [0.15, 0.2) is 29.2 Å². The second-order valence-electron chi connectivity index (χ2n) is 13.7. The number of ether oxygens (including phenoxy) is 1. The monoisotopic (exact) mass is 1150 g/mol. The highest BCUT2D eigenvalue weighted by molar-refractivity contribution is 7.86. The van der Waals surface area contributed by atoms with Crippen LogP contribution in [0.25, 0.3) is 0 Å². The molecule has 0 heterocycles. The molecule has 0 radical (unpaired) electrons. The van der Waals surface area contributed by atoms with E-state index in [0.717, 1.165) is 6.92 Å². The van der Waals surface area contributed by atoms with Crippen LogP contribution >= 0.6 is 0 Å². The van der Waals surface area contributed by atoms with Gasteiger partial charge in [-0.25, -0.2) is 21.7 Å². The van der Waals surface area contributed by atoms with Crippen molar-refractivity contribution < 1.29 is 171 Å². The summed E-state index contributed by atoms with van der Waals surface area (Å²) in [5, 5.41) is 0. The maximum atomic E-state index is 16.5. The molecule has 0 bridgehead atoms. The van der Waals surface area contributed by atoms with Gasteiger partial charge < -0.3 is 4.74 Å². The molecule has 4 nitrogen and oxygen atoms in total. The van der Waals surface area contributed by atoms with Gasteiger partial charge in [-0.3, -0.25) is 0 Å². The van der Waals surface area contributed by atoms with Crippen LogP contribution in [0.4, 0.5) is 154 Å². The van der Waals surface area contributed by atoms with Gasteiger partial charge in [0.1, 0.15) is 5.56 Å². The number of hydrogen-bond donors (Lipinski definition) is 0. The summed E-state index contributed by atoms with van der Waals surface area (Å²) in [4.78, 5) is -2.70. The lowest BCUT2D eigenvalue weighted by atomic mass is 9.73. The van der Waals surface area contributed by atoms with E-state index in [-0.39, 0.29) is 12.1 Å². The Bertz CT molecular complexity index is 2640. The number of aryl methyl sites for hydroxylation is 1. The fourth-order valence-corrected chi connectivity index (χ4v) is 6.61. The summed E-state index contributed by atoms with van der Waals surface area (Å²) in [6.07, 6.45) is -24.0. The van der Waals surface area contributed by atoms with Gasteiger partial charge in [0.25, 0.3) is 15.7 Å². The molecule has 0 aliphatic rings. The number of alkyl halides is 27. The lowest BCUT2D eigenvalue weighted by Crippen LogP contribution is -2.79. The minimum atomic E-state index is -10.4. The van der Waals surface area contributed by atoms with E-state index in [0.29, 0.717) is 0 Å². The standard InChI is InChI=1S/C32H7F35O4S/c1-6-2-4-7(5-3-6)72(68,69)71-20(23(46,47)29(58,59)31(62,63)64,22(44,45)24(48,49)25(50,51)26(52,53)27(54,55)28(56,57)30(60,61)32(65,66)67)8-10(33)14(37)18(15(38)11(8)34)70-19-16(39)12(35)9(21(41,42)43)13(36)17(19)40/h2-5H,1H3. The quantitative estimate of drug-likeness (QED) is 0.0864. The minimum Gasteiger partial charge on any atom is -0.444 e. The fraction of sp³-hybridized carbons (Fsp3) is 0.438. The zero-order valence-electron chi connectivity index (χ0n) is 32.1. The molecule has 0 amide bonds. The van der Waals surface area contributed by atoms with Crippen LogP contribution in [0.1, 0.15) is 16.7 Å². The largest absolute Gasteiger partial charge is 0.460 e. The molecule has 1 atom stereocenters. The predicted molar refractivity (Wildman–Crippen MR) is 155 cm³/mol. The molecule has 0 saturated carbocycles. The molecule has 410 valence electrons. The fourth-order valence-electron chi connectivity index (χ4n) is 5.42. The Kier molecular flexibility index (Phi) is 14.7. The summed E-state index contributed by atoms with van der Waals surface area (Å²) in [6, 6.07) is -0.903. The summed E-state index contributed by atoms with van der Waals surface area (Å²) in [5.41, 5.74) is -19.6. The first-order valence-electron chi connectivity index (χ1n) is 16.5. The van der Waals surface area contributed by atoms with Crippen molar-refractivity contribution in [3.63, 3.8) is 0 Å². The number of benzene rings is 3. The van der Waals surface area contributed by atoms with Crippen molar-refractivity contribution in [1.29, 1.82) is 0 Å². The van der Waals surface area contributed by atoms with Crippen molar-refractivity contribution in [2.45, 2.75) is 89.3 Å². The highest BCUT2D eigenvalue weighted by Crippen LogP contribution is 2.70. The Balaban J connectivity index is 2.86. The van der Waals surface area contributed by atoms with E-state index in [1.807, 2.05) is 0 Å². The van der Waals surface area contributed by atoms with Crippen LogP contribution < -0.4 is 4.74 Å². The Morgan fingerprint density at radius 1 is 0.347 bits per heavy atom. The molecule has 3 aromatic carbocycles. The lowest BCUT2D eigenvalue weighted by Gasteiger charge is -2.50. The van der Waals surface area contributed by atoms with Crippen LogP contribution in [0, 0.1) is 53.5 Å². The normalized spacial score (nSPS) is 15.8. The number of rotatable bonds is 15. The van der Waals surface area contributed by atoms with Crippen LogP contribution in [0.5, 0.6) is 11.5 Å². The lowest BCUT2D eigenvalue weighted by molar-refractivity contribution is -0.479. The predicted octanol–water partition coefficient (Wildman–Crippen LogP) is 14.4. The first kappa shape index (κ1) is 61.2. The third kappa shape index (κ3) is 8.19. The molecule has 3 aromatic rings. The van der Waals surface area contributed by atoms with E-state index in [1.165, 1.54) is 0 Å². The third-order valence-corrected chi connectivity index (χ3v) is 10.5. The first-order chi connectivity index (χ1) is 31.5. The molecular formula is C32H7F35O4S. The molecule has 0 saturated heterocycles. The maximum Gasteiger partial charge on any atom is 0.460 e. The van der Waals surface area contributed by atoms with Crippen molar-refractivity contribution in [2.75, 3.05) is 0 Å².